The molecule has 0 heterocycles. The van der Waals surface area contributed by atoms with Crippen molar-refractivity contribution in [1.29, 1.82) is 0 Å². The van der Waals surface area contributed by atoms with Crippen molar-refractivity contribution in [1.82, 2.24) is 10.6 Å². The van der Waals surface area contributed by atoms with Crippen molar-refractivity contribution < 1.29 is 9.90 Å². The van der Waals surface area contributed by atoms with E-state index >= 15 is 0 Å². The number of amides is 1. The summed E-state index contributed by atoms with van der Waals surface area (Å²) in [6.07, 6.45) is 9.86. The van der Waals surface area contributed by atoms with Gasteiger partial charge in [0.05, 0.1) is 6.61 Å². The molecule has 0 saturated carbocycles. The van der Waals surface area contributed by atoms with Crippen molar-refractivity contribution in [2.24, 2.45) is 11.7 Å². The van der Waals surface area contributed by atoms with Crippen LogP contribution in [0.3, 0.4) is 0 Å². The van der Waals surface area contributed by atoms with E-state index in [0.717, 1.165) is 31.4 Å². The standard InChI is InChI=1S/C18H33N3O2/c1-3-5-7-14(4-2)13-21-16-9-6-8-15(12-16)17(19)18(23)20-10-11-22/h12,14,21-22H,3-11,13,19H2,1-2H3,(H,20,23)/b17-15+. The normalized spacial score (nSPS) is 18.1. The molecule has 5 N–H and O–H groups in total. The van der Waals surface area contributed by atoms with Crippen molar-refractivity contribution >= 4 is 5.91 Å². The molecule has 0 radical (unpaired) electrons. The highest BCUT2D eigenvalue weighted by molar-refractivity contribution is 5.93. The Kier molecular flexibility index (Phi) is 9.45. The van der Waals surface area contributed by atoms with Crippen LogP contribution in [0.4, 0.5) is 0 Å². The average Bonchev–Trinajstić information content (AvgIpc) is 2.59. The molecule has 5 heteroatoms. The van der Waals surface area contributed by atoms with Gasteiger partial charge in [0.25, 0.3) is 5.91 Å². The molecule has 1 aliphatic carbocycles. The topological polar surface area (TPSA) is 87.4 Å². The van der Waals surface area contributed by atoms with Crippen LogP contribution in [-0.4, -0.2) is 30.7 Å². The minimum Gasteiger partial charge on any atom is -0.395 e. The molecular formula is C18H33N3O2. The van der Waals surface area contributed by atoms with Crippen molar-refractivity contribution in [2.75, 3.05) is 19.7 Å². The summed E-state index contributed by atoms with van der Waals surface area (Å²) in [6, 6.07) is 0. The Morgan fingerprint density at radius 3 is 2.83 bits per heavy atom. The van der Waals surface area contributed by atoms with Gasteiger partial charge in [-0.15, -0.1) is 0 Å². The molecule has 0 aliphatic heterocycles. The maximum atomic E-state index is 11.9. The monoisotopic (exact) mass is 323 g/mol. The summed E-state index contributed by atoms with van der Waals surface area (Å²) in [7, 11) is 0. The van der Waals surface area contributed by atoms with E-state index in [-0.39, 0.29) is 24.8 Å². The predicted octanol–water partition coefficient (Wildman–Crippen LogP) is 2.18. The third kappa shape index (κ3) is 7.08. The maximum Gasteiger partial charge on any atom is 0.267 e. The molecule has 0 fully saturated rings. The molecule has 132 valence electrons. The van der Waals surface area contributed by atoms with Gasteiger partial charge in [0, 0.05) is 18.8 Å². The maximum absolute atomic E-state index is 11.9. The number of hydrogen-bond donors (Lipinski definition) is 4. The highest BCUT2D eigenvalue weighted by atomic mass is 16.3. The molecular weight excluding hydrogens is 290 g/mol. The van der Waals surface area contributed by atoms with Crippen LogP contribution in [-0.2, 0) is 4.79 Å². The van der Waals surface area contributed by atoms with Gasteiger partial charge in [-0.2, -0.15) is 0 Å². The summed E-state index contributed by atoms with van der Waals surface area (Å²) >= 11 is 0. The number of aliphatic hydroxyl groups excluding tert-OH is 1. The Balaban J connectivity index is 2.62. The second-order valence-corrected chi connectivity index (χ2v) is 6.24. The molecule has 1 amide bonds. The number of hydrogen-bond acceptors (Lipinski definition) is 4. The number of rotatable bonds is 10. The second-order valence-electron chi connectivity index (χ2n) is 6.24. The SMILES string of the molecule is CCCCC(CC)CNC1=C/C(=C(/N)C(=O)NCCO)CCC1. The summed E-state index contributed by atoms with van der Waals surface area (Å²) < 4.78 is 0. The predicted molar refractivity (Wildman–Crippen MR) is 94.6 cm³/mol. The largest absolute Gasteiger partial charge is 0.395 e. The number of unbranched alkanes of at least 4 members (excludes halogenated alkanes) is 1. The average molecular weight is 323 g/mol. The Labute approximate surface area is 140 Å². The van der Waals surface area contributed by atoms with Gasteiger partial charge in [0.2, 0.25) is 0 Å². The van der Waals surface area contributed by atoms with Crippen molar-refractivity contribution in [3.05, 3.63) is 23.0 Å². The van der Waals surface area contributed by atoms with Crippen LogP contribution in [0.5, 0.6) is 0 Å². The van der Waals surface area contributed by atoms with Crippen LogP contribution in [0.15, 0.2) is 23.0 Å². The first kappa shape index (κ1) is 19.6. The van der Waals surface area contributed by atoms with Crippen LogP contribution in [0.1, 0.15) is 58.8 Å². The van der Waals surface area contributed by atoms with Gasteiger partial charge in [-0.3, -0.25) is 4.79 Å². The number of nitrogens with two attached hydrogens (primary N) is 1. The van der Waals surface area contributed by atoms with E-state index in [9.17, 15) is 4.79 Å². The summed E-state index contributed by atoms with van der Waals surface area (Å²) in [5.74, 6) is 0.413. The lowest BCUT2D eigenvalue weighted by molar-refractivity contribution is -0.117. The van der Waals surface area contributed by atoms with E-state index in [1.807, 2.05) is 6.08 Å². The van der Waals surface area contributed by atoms with Crippen molar-refractivity contribution in [2.45, 2.75) is 58.8 Å². The van der Waals surface area contributed by atoms with E-state index in [0.29, 0.717) is 5.92 Å². The quantitative estimate of drug-likeness (QED) is 0.464. The first-order valence-electron chi connectivity index (χ1n) is 8.94. The first-order valence-corrected chi connectivity index (χ1v) is 8.94. The minimum absolute atomic E-state index is 0.0762. The van der Waals surface area contributed by atoms with Crippen LogP contribution < -0.4 is 16.4 Å². The summed E-state index contributed by atoms with van der Waals surface area (Å²) in [4.78, 5) is 11.9. The number of allylic oxidation sites excluding steroid dienone is 3. The lowest BCUT2D eigenvalue weighted by Gasteiger charge is -2.22. The second kappa shape index (κ2) is 11.1. The third-order valence-corrected chi connectivity index (χ3v) is 4.39. The van der Waals surface area contributed by atoms with Crippen molar-refractivity contribution in [3.8, 4) is 0 Å². The van der Waals surface area contributed by atoms with E-state index < -0.39 is 0 Å². The van der Waals surface area contributed by atoms with Crippen molar-refractivity contribution in [3.63, 3.8) is 0 Å². The zero-order valence-electron chi connectivity index (χ0n) is 14.7. The van der Waals surface area contributed by atoms with Crippen LogP contribution in [0.25, 0.3) is 0 Å². The summed E-state index contributed by atoms with van der Waals surface area (Å²) in [6.45, 7) is 5.62. The molecule has 0 saturated heterocycles. The number of nitrogens with one attached hydrogen (secondary N) is 2. The fourth-order valence-electron chi connectivity index (χ4n) is 2.81. The summed E-state index contributed by atoms with van der Waals surface area (Å²) in [5, 5.41) is 14.9. The lowest BCUT2D eigenvalue weighted by Crippen LogP contribution is -2.32. The zero-order valence-corrected chi connectivity index (χ0v) is 14.7. The fourth-order valence-corrected chi connectivity index (χ4v) is 2.81. The Morgan fingerprint density at radius 1 is 1.39 bits per heavy atom. The van der Waals surface area contributed by atoms with Crippen LogP contribution in [0, 0.1) is 5.92 Å². The minimum atomic E-state index is -0.291. The Bertz CT molecular complexity index is 430. The molecule has 5 nitrogen and oxygen atoms in total. The molecule has 0 spiro atoms. The highest BCUT2D eigenvalue weighted by Gasteiger charge is 2.15. The lowest BCUT2D eigenvalue weighted by atomic mass is 9.95. The molecule has 0 aromatic heterocycles. The van der Waals surface area contributed by atoms with Crippen LogP contribution in [0.2, 0.25) is 0 Å². The molecule has 0 bridgehead atoms. The Hall–Kier alpha value is -1.49. The van der Waals surface area contributed by atoms with Gasteiger partial charge in [0.1, 0.15) is 5.70 Å². The van der Waals surface area contributed by atoms with Gasteiger partial charge in [-0.25, -0.2) is 0 Å². The smallest absolute Gasteiger partial charge is 0.267 e. The summed E-state index contributed by atoms with van der Waals surface area (Å²) in [5.41, 5.74) is 8.31. The van der Waals surface area contributed by atoms with E-state index in [4.69, 9.17) is 10.8 Å². The molecule has 23 heavy (non-hydrogen) atoms. The van der Waals surface area contributed by atoms with Crippen LogP contribution >= 0.6 is 0 Å². The van der Waals surface area contributed by atoms with E-state index in [2.05, 4.69) is 24.5 Å². The molecule has 1 unspecified atom stereocenters. The fraction of sp³-hybridized carbons (Fsp3) is 0.722. The highest BCUT2D eigenvalue weighted by Crippen LogP contribution is 2.23. The van der Waals surface area contributed by atoms with Gasteiger partial charge in [-0.1, -0.05) is 33.1 Å². The Morgan fingerprint density at radius 2 is 2.17 bits per heavy atom. The van der Waals surface area contributed by atoms with E-state index in [1.54, 1.807) is 0 Å². The molecule has 0 aromatic rings. The van der Waals surface area contributed by atoms with E-state index in [1.165, 1.54) is 31.4 Å². The first-order chi connectivity index (χ1) is 11.1. The molecule has 0 aromatic carbocycles. The third-order valence-electron chi connectivity index (χ3n) is 4.39. The molecule has 1 aliphatic rings. The van der Waals surface area contributed by atoms with Gasteiger partial charge in [-0.05, 0) is 43.3 Å². The van der Waals surface area contributed by atoms with Gasteiger partial charge in [0.15, 0.2) is 0 Å². The number of carbonyl (C=O) groups is 1. The zero-order chi connectivity index (χ0) is 17.1. The van der Waals surface area contributed by atoms with Gasteiger partial charge >= 0.3 is 0 Å². The molecule has 1 rings (SSSR count). The molecule has 1 atom stereocenters. The number of carbonyl (C=O) groups excluding carboxylic acids is 1. The van der Waals surface area contributed by atoms with Gasteiger partial charge < -0.3 is 21.5 Å². The number of aliphatic hydroxyl groups is 1.